The van der Waals surface area contributed by atoms with Crippen LogP contribution >= 0.6 is 11.3 Å². The smallest absolute Gasteiger partial charge is 0.228 e. The fraction of sp³-hybridized carbons (Fsp3) is 0.692. The average Bonchev–Trinajstić information content (AvgIpc) is 2.98. The van der Waals surface area contributed by atoms with Crippen LogP contribution in [0.25, 0.3) is 0 Å². The summed E-state index contributed by atoms with van der Waals surface area (Å²) in [5.41, 5.74) is 6.64. The normalized spacial score (nSPS) is 20.8. The molecule has 2 rings (SSSR count). The zero-order valence-corrected chi connectivity index (χ0v) is 12.3. The Kier molecular flexibility index (Phi) is 4.90. The summed E-state index contributed by atoms with van der Waals surface area (Å²) in [6, 6.07) is 0.132. The van der Waals surface area contributed by atoms with E-state index < -0.39 is 0 Å². The minimum Gasteiger partial charge on any atom is -0.372 e. The number of hydrogen-bond donors (Lipinski definition) is 1. The van der Waals surface area contributed by atoms with E-state index in [2.05, 4.69) is 4.98 Å². The van der Waals surface area contributed by atoms with Crippen molar-refractivity contribution in [2.24, 2.45) is 5.73 Å². The number of nitrogens with two attached hydrogens (primary N) is 1. The minimum absolute atomic E-state index is 0.000869. The number of likely N-dealkylation sites (tertiary alicyclic amines) is 1. The molecule has 0 bridgehead atoms. The lowest BCUT2D eigenvalue weighted by Crippen LogP contribution is -2.33. The fourth-order valence-electron chi connectivity index (χ4n) is 2.19. The number of ether oxygens (including phenoxy) is 1. The summed E-state index contributed by atoms with van der Waals surface area (Å²) in [6.07, 6.45) is 1.26. The van der Waals surface area contributed by atoms with E-state index in [9.17, 15) is 4.79 Å². The van der Waals surface area contributed by atoms with Gasteiger partial charge in [0.25, 0.3) is 0 Å². The lowest BCUT2D eigenvalue weighted by Gasteiger charge is -2.14. The van der Waals surface area contributed by atoms with Crippen LogP contribution in [0.1, 0.15) is 37.1 Å². The minimum atomic E-state index is -0.000869. The van der Waals surface area contributed by atoms with Gasteiger partial charge < -0.3 is 15.4 Å². The van der Waals surface area contributed by atoms with Crippen LogP contribution in [-0.4, -0.2) is 41.5 Å². The molecule has 6 heteroatoms. The van der Waals surface area contributed by atoms with Crippen molar-refractivity contribution in [3.63, 3.8) is 0 Å². The predicted octanol–water partition coefficient (Wildman–Crippen LogP) is 1.34. The number of nitrogens with zero attached hydrogens (tertiary/aromatic N) is 2. The second-order valence-corrected chi connectivity index (χ2v) is 5.73. The third kappa shape index (κ3) is 3.75. The zero-order valence-electron chi connectivity index (χ0n) is 11.5. The van der Waals surface area contributed by atoms with Crippen LogP contribution in [0, 0.1) is 0 Å². The van der Waals surface area contributed by atoms with Gasteiger partial charge in [0.05, 0.1) is 12.1 Å². The summed E-state index contributed by atoms with van der Waals surface area (Å²) in [7, 11) is 0. The number of carbonyl (C=O) groups is 1. The zero-order chi connectivity index (χ0) is 13.8. The van der Waals surface area contributed by atoms with Gasteiger partial charge in [-0.25, -0.2) is 4.98 Å². The number of carbonyl (C=O) groups excluding carboxylic acids is 1. The van der Waals surface area contributed by atoms with Crippen molar-refractivity contribution < 1.29 is 9.53 Å². The van der Waals surface area contributed by atoms with Gasteiger partial charge in [-0.3, -0.25) is 4.79 Å². The Morgan fingerprint density at radius 1 is 1.74 bits per heavy atom. The Balaban J connectivity index is 1.91. The molecular weight excluding hydrogens is 262 g/mol. The van der Waals surface area contributed by atoms with Crippen molar-refractivity contribution in [1.29, 1.82) is 0 Å². The lowest BCUT2D eigenvalue weighted by molar-refractivity contribution is -0.129. The molecule has 2 heterocycles. The van der Waals surface area contributed by atoms with Crippen LogP contribution in [-0.2, 0) is 16.0 Å². The van der Waals surface area contributed by atoms with E-state index in [-0.39, 0.29) is 18.1 Å². The van der Waals surface area contributed by atoms with Crippen LogP contribution in [0.3, 0.4) is 0 Å². The number of aromatic nitrogens is 1. The second-order valence-electron chi connectivity index (χ2n) is 4.84. The Morgan fingerprint density at radius 3 is 3.16 bits per heavy atom. The molecule has 1 amide bonds. The van der Waals surface area contributed by atoms with Gasteiger partial charge in [-0.2, -0.15) is 0 Å². The van der Waals surface area contributed by atoms with Crippen LogP contribution in [0.2, 0.25) is 0 Å². The molecule has 2 N–H and O–H groups in total. The molecule has 5 nitrogen and oxygen atoms in total. The topological polar surface area (TPSA) is 68.5 Å². The highest BCUT2D eigenvalue weighted by Gasteiger charge is 2.24. The predicted molar refractivity (Wildman–Crippen MR) is 75.0 cm³/mol. The molecule has 0 spiro atoms. The largest absolute Gasteiger partial charge is 0.372 e. The molecule has 1 aliphatic rings. The van der Waals surface area contributed by atoms with E-state index >= 15 is 0 Å². The Labute approximate surface area is 117 Å². The Hall–Kier alpha value is -0.980. The molecule has 1 aromatic heterocycles. The van der Waals surface area contributed by atoms with Gasteiger partial charge in [0, 0.05) is 31.1 Å². The molecule has 1 aromatic rings. The van der Waals surface area contributed by atoms with Crippen molar-refractivity contribution >= 4 is 17.2 Å². The molecule has 0 aromatic carbocycles. The molecule has 0 radical (unpaired) electrons. The molecule has 2 atom stereocenters. The Bertz CT molecular complexity index is 435. The quantitative estimate of drug-likeness (QED) is 0.885. The van der Waals surface area contributed by atoms with Gasteiger partial charge in [-0.05, 0) is 20.3 Å². The van der Waals surface area contributed by atoms with Crippen LogP contribution in [0.5, 0.6) is 0 Å². The first-order chi connectivity index (χ1) is 9.10. The van der Waals surface area contributed by atoms with Gasteiger partial charge in [0.1, 0.15) is 11.1 Å². The van der Waals surface area contributed by atoms with Gasteiger partial charge in [0.15, 0.2) is 0 Å². The SMILES string of the molecule is CCOC(C)c1nc(CC(=O)N2CC[C@@H](N)C2)cs1. The van der Waals surface area contributed by atoms with Crippen molar-refractivity contribution in [2.45, 2.75) is 38.8 Å². The summed E-state index contributed by atoms with van der Waals surface area (Å²) >= 11 is 1.55. The fourth-order valence-corrected chi connectivity index (χ4v) is 3.01. The summed E-state index contributed by atoms with van der Waals surface area (Å²) in [5.74, 6) is 0.119. The molecule has 1 unspecified atom stereocenters. The molecule has 1 aliphatic heterocycles. The maximum atomic E-state index is 12.1. The van der Waals surface area contributed by atoms with Crippen LogP contribution in [0.15, 0.2) is 5.38 Å². The summed E-state index contributed by atoms with van der Waals surface area (Å²) in [4.78, 5) is 18.4. The van der Waals surface area contributed by atoms with Crippen molar-refractivity contribution in [1.82, 2.24) is 9.88 Å². The van der Waals surface area contributed by atoms with E-state index in [1.807, 2.05) is 24.1 Å². The van der Waals surface area contributed by atoms with E-state index in [1.54, 1.807) is 11.3 Å². The maximum absolute atomic E-state index is 12.1. The third-order valence-corrected chi connectivity index (χ3v) is 4.30. The number of amides is 1. The van der Waals surface area contributed by atoms with E-state index in [1.165, 1.54) is 0 Å². The molecule has 0 saturated carbocycles. The average molecular weight is 283 g/mol. The van der Waals surface area contributed by atoms with Gasteiger partial charge in [-0.15, -0.1) is 11.3 Å². The molecule has 1 fully saturated rings. The van der Waals surface area contributed by atoms with Gasteiger partial charge in [-0.1, -0.05) is 0 Å². The lowest BCUT2D eigenvalue weighted by atomic mass is 10.3. The van der Waals surface area contributed by atoms with Crippen molar-refractivity contribution in [3.8, 4) is 0 Å². The molecule has 0 aliphatic carbocycles. The van der Waals surface area contributed by atoms with Gasteiger partial charge >= 0.3 is 0 Å². The Morgan fingerprint density at radius 2 is 2.53 bits per heavy atom. The summed E-state index contributed by atoms with van der Waals surface area (Å²) in [6.45, 7) is 6.05. The molecular formula is C13H21N3O2S. The number of hydrogen-bond acceptors (Lipinski definition) is 5. The van der Waals surface area contributed by atoms with E-state index in [0.29, 0.717) is 19.6 Å². The highest BCUT2D eigenvalue weighted by molar-refractivity contribution is 7.09. The third-order valence-electron chi connectivity index (χ3n) is 3.24. The van der Waals surface area contributed by atoms with Crippen LogP contribution < -0.4 is 5.73 Å². The van der Waals surface area contributed by atoms with E-state index in [4.69, 9.17) is 10.5 Å². The number of rotatable bonds is 5. The van der Waals surface area contributed by atoms with Gasteiger partial charge in [0.2, 0.25) is 5.91 Å². The first-order valence-corrected chi connectivity index (χ1v) is 7.57. The summed E-state index contributed by atoms with van der Waals surface area (Å²) in [5, 5.41) is 2.88. The first-order valence-electron chi connectivity index (χ1n) is 6.69. The monoisotopic (exact) mass is 283 g/mol. The summed E-state index contributed by atoms with van der Waals surface area (Å²) < 4.78 is 5.50. The highest BCUT2D eigenvalue weighted by atomic mass is 32.1. The maximum Gasteiger partial charge on any atom is 0.228 e. The number of thiazole rings is 1. The highest BCUT2D eigenvalue weighted by Crippen LogP contribution is 2.21. The van der Waals surface area contributed by atoms with E-state index in [0.717, 1.165) is 23.7 Å². The second kappa shape index (κ2) is 6.45. The standard InChI is InChI=1S/C13H21N3O2S/c1-3-18-9(2)13-15-11(8-19-13)6-12(17)16-5-4-10(14)7-16/h8-10H,3-7,14H2,1-2H3/t9?,10-/m1/s1. The van der Waals surface area contributed by atoms with Crippen molar-refractivity contribution in [3.05, 3.63) is 16.1 Å². The molecule has 19 heavy (non-hydrogen) atoms. The molecule has 1 saturated heterocycles. The first kappa shape index (κ1) is 14.4. The van der Waals surface area contributed by atoms with Crippen LogP contribution in [0.4, 0.5) is 0 Å². The molecule has 106 valence electrons. The van der Waals surface area contributed by atoms with Crippen molar-refractivity contribution in [2.75, 3.05) is 19.7 Å².